The molecule has 0 atom stereocenters. The van der Waals surface area contributed by atoms with Crippen molar-refractivity contribution in [3.63, 3.8) is 0 Å². The van der Waals surface area contributed by atoms with Crippen molar-refractivity contribution in [1.82, 2.24) is 4.98 Å². The summed E-state index contributed by atoms with van der Waals surface area (Å²) in [5.74, 6) is 1.19. The maximum Gasteiger partial charge on any atom is 0.238 e. The molecule has 2 N–H and O–H groups in total. The molecule has 0 amide bonds. The van der Waals surface area contributed by atoms with Crippen molar-refractivity contribution in [1.29, 1.82) is 5.26 Å². The normalized spacial score (nSPS) is 14.4. The molecule has 3 aromatic rings. The number of halogens is 1. The van der Waals surface area contributed by atoms with Crippen molar-refractivity contribution in [3.05, 3.63) is 66.0 Å². The second-order valence-electron chi connectivity index (χ2n) is 7.89. The maximum atomic E-state index is 13.5. The lowest BCUT2D eigenvalue weighted by Crippen LogP contribution is -2.11. The van der Waals surface area contributed by atoms with Crippen molar-refractivity contribution < 1.29 is 12.8 Å². The van der Waals surface area contributed by atoms with Crippen molar-refractivity contribution in [2.75, 3.05) is 5.75 Å². The van der Waals surface area contributed by atoms with Crippen LogP contribution < -0.4 is 5.14 Å². The number of benzene rings is 2. The highest BCUT2D eigenvalue weighted by atomic mass is 32.2. The number of aromatic nitrogens is 1. The summed E-state index contributed by atoms with van der Waals surface area (Å²) in [7, 11) is -3.82. The van der Waals surface area contributed by atoms with Crippen LogP contribution in [0.5, 0.6) is 0 Å². The maximum absolute atomic E-state index is 13.5. The lowest BCUT2D eigenvalue weighted by atomic mass is 9.98. The number of nitrogens with zero attached hydrogens (tertiary/aromatic N) is 2. The first-order valence-corrected chi connectivity index (χ1v) is 12.9. The smallest absolute Gasteiger partial charge is 0.238 e. The quantitative estimate of drug-likeness (QED) is 0.493. The number of nitrogens with two attached hydrogens (primary N) is 1. The van der Waals surface area contributed by atoms with Gasteiger partial charge < -0.3 is 0 Å². The first-order valence-electron chi connectivity index (χ1n) is 10.3. The fourth-order valence-electron chi connectivity index (χ4n) is 3.93. The zero-order valence-corrected chi connectivity index (χ0v) is 18.9. The minimum absolute atomic E-state index is 0.00165. The van der Waals surface area contributed by atoms with Gasteiger partial charge in [-0.3, -0.25) is 0 Å². The van der Waals surface area contributed by atoms with E-state index in [4.69, 9.17) is 10.1 Å². The molecular weight excluding hydrogens is 445 g/mol. The third-order valence-electron chi connectivity index (χ3n) is 5.65. The van der Waals surface area contributed by atoms with Gasteiger partial charge in [0.2, 0.25) is 10.0 Å². The second kappa shape index (κ2) is 9.41. The zero-order chi connectivity index (χ0) is 22.7. The van der Waals surface area contributed by atoms with Crippen LogP contribution in [-0.4, -0.2) is 19.2 Å². The third-order valence-corrected chi connectivity index (χ3v) is 7.80. The van der Waals surface area contributed by atoms with Crippen LogP contribution in [0.2, 0.25) is 0 Å². The monoisotopic (exact) mass is 467 g/mol. The molecule has 4 rings (SSSR count). The molecule has 1 heterocycles. The van der Waals surface area contributed by atoms with E-state index in [1.54, 1.807) is 42.1 Å². The molecule has 32 heavy (non-hydrogen) atoms. The molecule has 0 radical (unpaired) electrons. The molecule has 0 saturated heterocycles. The lowest BCUT2D eigenvalue weighted by Gasteiger charge is -2.15. The van der Waals surface area contributed by atoms with E-state index in [0.717, 1.165) is 5.75 Å². The molecule has 2 aromatic carbocycles. The Labute approximate surface area is 191 Å². The minimum atomic E-state index is -3.82. The Morgan fingerprint density at radius 3 is 2.28 bits per heavy atom. The highest BCUT2D eigenvalue weighted by Gasteiger charge is 2.20. The molecule has 1 aliphatic rings. The lowest BCUT2D eigenvalue weighted by molar-refractivity contribution is 0.598. The Morgan fingerprint density at radius 2 is 1.69 bits per heavy atom. The third kappa shape index (κ3) is 5.01. The zero-order valence-electron chi connectivity index (χ0n) is 17.3. The van der Waals surface area contributed by atoms with Gasteiger partial charge in [-0.05, 0) is 66.8 Å². The molecule has 0 unspecified atom stereocenters. The fraction of sp³-hybridized carbons (Fsp3) is 0.250. The number of nitriles is 1. The summed E-state index contributed by atoms with van der Waals surface area (Å²) in [4.78, 5) is 4.83. The number of hydrogen-bond acceptors (Lipinski definition) is 5. The van der Waals surface area contributed by atoms with Gasteiger partial charge in [-0.2, -0.15) is 5.26 Å². The van der Waals surface area contributed by atoms with E-state index in [-0.39, 0.29) is 10.7 Å². The van der Waals surface area contributed by atoms with E-state index >= 15 is 0 Å². The Bertz CT molecular complexity index is 1260. The Hall–Kier alpha value is -2.73. The molecule has 8 heteroatoms. The van der Waals surface area contributed by atoms with Crippen molar-refractivity contribution in [2.24, 2.45) is 11.1 Å². The van der Waals surface area contributed by atoms with Crippen LogP contribution in [0.15, 0.2) is 64.5 Å². The summed E-state index contributed by atoms with van der Waals surface area (Å²) >= 11 is 1.59. The fourth-order valence-corrected chi connectivity index (χ4v) is 5.59. The van der Waals surface area contributed by atoms with Gasteiger partial charge in [0, 0.05) is 16.9 Å². The number of hydrogen-bond donors (Lipinski definition) is 1. The van der Waals surface area contributed by atoms with Gasteiger partial charge in [-0.25, -0.2) is 22.9 Å². The number of thioether (sulfide) groups is 1. The highest BCUT2D eigenvalue weighted by Crippen LogP contribution is 2.37. The Balaban J connectivity index is 1.80. The van der Waals surface area contributed by atoms with E-state index in [9.17, 15) is 18.1 Å². The van der Waals surface area contributed by atoms with Crippen molar-refractivity contribution >= 4 is 21.8 Å². The summed E-state index contributed by atoms with van der Waals surface area (Å²) < 4.78 is 36.8. The average Bonchev–Trinajstić information content (AvgIpc) is 3.31. The molecule has 164 valence electrons. The van der Waals surface area contributed by atoms with Crippen LogP contribution in [0, 0.1) is 23.1 Å². The Kier molecular flexibility index (Phi) is 6.60. The first-order chi connectivity index (χ1) is 15.3. The van der Waals surface area contributed by atoms with E-state index in [1.165, 1.54) is 49.9 Å². The van der Waals surface area contributed by atoms with Crippen LogP contribution in [0.3, 0.4) is 0 Å². The van der Waals surface area contributed by atoms with Gasteiger partial charge in [-0.15, -0.1) is 11.8 Å². The molecule has 5 nitrogen and oxygen atoms in total. The van der Waals surface area contributed by atoms with Crippen LogP contribution in [0.1, 0.15) is 31.2 Å². The summed E-state index contributed by atoms with van der Waals surface area (Å²) in [6, 6.07) is 16.2. The molecular formula is C24H22FN3O2S2. The summed E-state index contributed by atoms with van der Waals surface area (Å²) in [6.45, 7) is 0. The summed E-state index contributed by atoms with van der Waals surface area (Å²) in [5, 5.41) is 15.6. The SMILES string of the molecule is N#Cc1cc(-c2ccc(S(N)(=O)=O)cc2)c(-c2ccc(F)cc2)nc1SCC1CCCC1. The molecule has 1 fully saturated rings. The van der Waals surface area contributed by atoms with Crippen molar-refractivity contribution in [3.8, 4) is 28.5 Å². The molecule has 0 spiro atoms. The number of pyridine rings is 1. The van der Waals surface area contributed by atoms with E-state index in [1.807, 2.05) is 0 Å². The van der Waals surface area contributed by atoms with Gasteiger partial charge in [-0.1, -0.05) is 25.0 Å². The topological polar surface area (TPSA) is 96.8 Å². The standard InChI is InChI=1S/C24H22FN3O2S2/c25-20-9-5-18(6-10-20)23-22(17-7-11-21(12-8-17)32(27,29)30)13-19(14-26)24(28-23)31-15-16-3-1-2-4-16/h5-13,16H,1-4,15H2,(H2,27,29,30). The van der Waals surface area contributed by atoms with Gasteiger partial charge in [0.25, 0.3) is 0 Å². The second-order valence-corrected chi connectivity index (χ2v) is 10.5. The summed E-state index contributed by atoms with van der Waals surface area (Å²) in [6.07, 6.45) is 4.90. The predicted molar refractivity (Wildman–Crippen MR) is 124 cm³/mol. The van der Waals surface area contributed by atoms with Gasteiger partial charge in [0.05, 0.1) is 16.2 Å². The molecule has 0 aliphatic heterocycles. The van der Waals surface area contributed by atoms with Crippen LogP contribution in [-0.2, 0) is 10.0 Å². The molecule has 1 aliphatic carbocycles. The van der Waals surface area contributed by atoms with Gasteiger partial charge in [0.1, 0.15) is 16.9 Å². The van der Waals surface area contributed by atoms with Crippen LogP contribution >= 0.6 is 11.8 Å². The average molecular weight is 468 g/mol. The first kappa shape index (κ1) is 22.5. The highest BCUT2D eigenvalue weighted by molar-refractivity contribution is 7.99. The van der Waals surface area contributed by atoms with E-state index < -0.39 is 10.0 Å². The van der Waals surface area contributed by atoms with E-state index in [0.29, 0.717) is 38.9 Å². The molecule has 1 aromatic heterocycles. The number of primary sulfonamides is 1. The van der Waals surface area contributed by atoms with Gasteiger partial charge in [0.15, 0.2) is 0 Å². The van der Waals surface area contributed by atoms with E-state index in [2.05, 4.69) is 6.07 Å². The minimum Gasteiger partial charge on any atom is -0.239 e. The number of rotatable bonds is 6. The van der Waals surface area contributed by atoms with Crippen LogP contribution in [0.25, 0.3) is 22.4 Å². The largest absolute Gasteiger partial charge is 0.239 e. The predicted octanol–water partition coefficient (Wildman–Crippen LogP) is 5.36. The van der Waals surface area contributed by atoms with Crippen LogP contribution in [0.4, 0.5) is 4.39 Å². The molecule has 1 saturated carbocycles. The van der Waals surface area contributed by atoms with Crippen molar-refractivity contribution in [2.45, 2.75) is 35.6 Å². The van der Waals surface area contributed by atoms with Gasteiger partial charge >= 0.3 is 0 Å². The Morgan fingerprint density at radius 1 is 1.06 bits per heavy atom. The summed E-state index contributed by atoms with van der Waals surface area (Å²) in [5.41, 5.74) is 3.14. The number of sulfonamides is 1. The molecule has 0 bridgehead atoms.